The average Bonchev–Trinajstić information content (AvgIpc) is 3.37. The number of rotatable bonds is 4. The summed E-state index contributed by atoms with van der Waals surface area (Å²) in [5, 5.41) is 0.921. The van der Waals surface area contributed by atoms with E-state index in [0.29, 0.717) is 33.4 Å². The largest absolute Gasteiger partial charge is 2.00 e. The Morgan fingerprint density at radius 1 is 0.588 bits per heavy atom. The summed E-state index contributed by atoms with van der Waals surface area (Å²) in [5.74, 6) is 0.560. The van der Waals surface area contributed by atoms with Crippen LogP contribution in [0.25, 0.3) is 33.4 Å². The maximum absolute atomic E-state index is 14.3. The minimum Gasteiger partial charge on any atom is -0.426 e. The van der Waals surface area contributed by atoms with E-state index >= 15 is 0 Å². The minimum atomic E-state index is -0.449. The number of nitrogens with zero attached hydrogens (tertiary/aromatic N) is 4. The summed E-state index contributed by atoms with van der Waals surface area (Å²) in [6.07, 6.45) is 5.37. The predicted octanol–water partition coefficient (Wildman–Crippen LogP) is 6.03. The molecule has 8 heteroatoms. The number of halogens is 2. The first-order valence-corrected chi connectivity index (χ1v) is 10.2. The first kappa shape index (κ1) is 22.0. The van der Waals surface area contributed by atoms with Gasteiger partial charge in [-0.25, -0.2) is 18.7 Å². The standard InChI is InChI=1S/C26H14F2N4O.Pt/c27-19-15-31(21-9-3-1-7-17(19)21)23-11-5-13-25(29-23)33-26-14-6-12-24(30-26)32-16-20(28)18-8-2-4-10-22(18)32;/h1-14H;/q-2;+2. The average molecular weight is 631 g/mol. The molecule has 5 nitrogen and oxygen atoms in total. The summed E-state index contributed by atoms with van der Waals surface area (Å²) >= 11 is 0. The molecular formula is C26H14F2N4OPt. The molecule has 0 amide bonds. The van der Waals surface area contributed by atoms with Crippen molar-refractivity contribution in [1.29, 1.82) is 0 Å². The molecule has 0 bridgehead atoms. The van der Waals surface area contributed by atoms with Crippen molar-refractivity contribution in [2.45, 2.75) is 0 Å². The van der Waals surface area contributed by atoms with E-state index < -0.39 is 11.6 Å². The molecule has 0 N–H and O–H groups in total. The van der Waals surface area contributed by atoms with E-state index in [4.69, 9.17) is 4.74 Å². The second-order valence-electron chi connectivity index (χ2n) is 7.33. The van der Waals surface area contributed by atoms with E-state index in [2.05, 4.69) is 22.4 Å². The third-order valence-corrected chi connectivity index (χ3v) is 5.27. The number of benzene rings is 2. The minimum absolute atomic E-state index is 0. The van der Waals surface area contributed by atoms with Crippen LogP contribution < -0.4 is 4.74 Å². The number of pyridine rings is 2. The maximum Gasteiger partial charge on any atom is 2.00 e. The summed E-state index contributed by atoms with van der Waals surface area (Å²) < 4.78 is 37.5. The Hall–Kier alpha value is -3.83. The molecule has 2 aromatic carbocycles. The van der Waals surface area contributed by atoms with Crippen molar-refractivity contribution >= 4 is 21.8 Å². The number of hydrogen-bond donors (Lipinski definition) is 0. The summed E-state index contributed by atoms with van der Waals surface area (Å²) in [4.78, 5) is 8.97. The van der Waals surface area contributed by atoms with Gasteiger partial charge >= 0.3 is 21.1 Å². The Kier molecular flexibility index (Phi) is 5.72. The van der Waals surface area contributed by atoms with Gasteiger partial charge in [0.1, 0.15) is 0 Å². The fourth-order valence-corrected chi connectivity index (χ4v) is 3.78. The van der Waals surface area contributed by atoms with Gasteiger partial charge < -0.3 is 13.9 Å². The molecule has 0 spiro atoms. The predicted molar refractivity (Wildman–Crippen MR) is 120 cm³/mol. The molecule has 34 heavy (non-hydrogen) atoms. The van der Waals surface area contributed by atoms with E-state index in [1.807, 2.05) is 12.1 Å². The summed E-state index contributed by atoms with van der Waals surface area (Å²) in [6, 6.07) is 24.5. The summed E-state index contributed by atoms with van der Waals surface area (Å²) in [6.45, 7) is 0. The van der Waals surface area contributed by atoms with E-state index in [9.17, 15) is 8.78 Å². The molecular weight excluding hydrogens is 617 g/mol. The van der Waals surface area contributed by atoms with Gasteiger partial charge in [0.2, 0.25) is 11.8 Å². The maximum atomic E-state index is 14.3. The number of fused-ring (bicyclic) bond motifs is 2. The van der Waals surface area contributed by atoms with Crippen LogP contribution in [0.15, 0.2) is 84.9 Å². The second kappa shape index (κ2) is 8.84. The Labute approximate surface area is 207 Å². The van der Waals surface area contributed by atoms with E-state index in [0.717, 1.165) is 0 Å². The van der Waals surface area contributed by atoms with Gasteiger partial charge in [-0.1, -0.05) is 82.5 Å². The molecule has 0 unspecified atom stereocenters. The van der Waals surface area contributed by atoms with Crippen LogP contribution in [0.4, 0.5) is 8.78 Å². The van der Waals surface area contributed by atoms with E-state index in [1.165, 1.54) is 0 Å². The molecule has 0 aliphatic heterocycles. The van der Waals surface area contributed by atoms with Crippen LogP contribution in [0.2, 0.25) is 0 Å². The van der Waals surface area contributed by atoms with Crippen molar-refractivity contribution < 1.29 is 34.6 Å². The molecule has 0 atom stereocenters. The fourth-order valence-electron chi connectivity index (χ4n) is 3.78. The summed E-state index contributed by atoms with van der Waals surface area (Å²) in [5.41, 5.74) is 1.30. The molecule has 6 aromatic rings. The van der Waals surface area contributed by atoms with Gasteiger partial charge in [0.25, 0.3) is 0 Å². The third kappa shape index (κ3) is 3.78. The van der Waals surface area contributed by atoms with Crippen molar-refractivity contribution in [3.63, 3.8) is 0 Å². The van der Waals surface area contributed by atoms with E-state index in [-0.39, 0.29) is 32.8 Å². The van der Waals surface area contributed by atoms with Gasteiger partial charge in [-0.05, 0) is 24.5 Å². The van der Waals surface area contributed by atoms with Crippen molar-refractivity contribution in [1.82, 2.24) is 19.1 Å². The quantitative estimate of drug-likeness (QED) is 0.223. The topological polar surface area (TPSA) is 44.9 Å². The first-order valence-electron chi connectivity index (χ1n) is 10.2. The van der Waals surface area contributed by atoms with Crippen LogP contribution >= 0.6 is 0 Å². The Morgan fingerprint density at radius 3 is 1.50 bits per heavy atom. The van der Waals surface area contributed by atoms with Crippen molar-refractivity contribution in [3.8, 4) is 23.4 Å². The van der Waals surface area contributed by atoms with Crippen LogP contribution in [0.1, 0.15) is 0 Å². The van der Waals surface area contributed by atoms with Crippen LogP contribution in [0, 0.1) is 24.0 Å². The Bertz CT molecular complexity index is 1520. The number of para-hydroxylation sites is 2. The molecule has 0 fully saturated rings. The Morgan fingerprint density at radius 2 is 1.03 bits per heavy atom. The number of aromatic nitrogens is 4. The van der Waals surface area contributed by atoms with Crippen molar-refractivity contribution in [2.75, 3.05) is 0 Å². The van der Waals surface area contributed by atoms with Gasteiger partial charge in [0.05, 0.1) is 23.3 Å². The monoisotopic (exact) mass is 631 g/mol. The Balaban J connectivity index is 0.00000241. The van der Waals surface area contributed by atoms with Crippen LogP contribution in [-0.2, 0) is 21.1 Å². The van der Waals surface area contributed by atoms with Gasteiger partial charge in [-0.3, -0.25) is 0 Å². The van der Waals surface area contributed by atoms with Gasteiger partial charge in [0, 0.05) is 0 Å². The fraction of sp³-hybridized carbons (Fsp3) is 0. The zero-order valence-electron chi connectivity index (χ0n) is 17.4. The SMILES string of the molecule is Fc1[c-]n(-c2cccc(Oc3cccc(-n4[c-]c(F)c5ccccc54)n3)n2)c2ccccc12.[Pt+2]. The molecule has 4 heterocycles. The van der Waals surface area contributed by atoms with Crippen LogP contribution in [0.3, 0.4) is 0 Å². The molecule has 0 aliphatic rings. The molecule has 6 rings (SSSR count). The number of ether oxygens (including phenoxy) is 1. The second-order valence-corrected chi connectivity index (χ2v) is 7.33. The molecule has 4 aromatic heterocycles. The van der Waals surface area contributed by atoms with Crippen LogP contribution in [-0.4, -0.2) is 19.1 Å². The third-order valence-electron chi connectivity index (χ3n) is 5.27. The van der Waals surface area contributed by atoms with Crippen molar-refractivity contribution in [3.05, 3.63) is 109 Å². The van der Waals surface area contributed by atoms with Gasteiger partial charge in [-0.15, -0.1) is 12.1 Å². The number of hydrogen-bond acceptors (Lipinski definition) is 3. The molecule has 0 aliphatic carbocycles. The summed E-state index contributed by atoms with van der Waals surface area (Å²) in [7, 11) is 0. The van der Waals surface area contributed by atoms with Gasteiger partial charge in [-0.2, -0.15) is 0 Å². The first-order chi connectivity index (χ1) is 16.2. The molecule has 168 valence electrons. The molecule has 0 saturated heterocycles. The van der Waals surface area contributed by atoms with Crippen molar-refractivity contribution in [2.24, 2.45) is 0 Å². The zero-order chi connectivity index (χ0) is 22.4. The smallest absolute Gasteiger partial charge is 0.426 e. The van der Waals surface area contributed by atoms with Crippen LogP contribution in [0.5, 0.6) is 11.8 Å². The van der Waals surface area contributed by atoms with E-state index in [1.54, 1.807) is 81.9 Å². The normalized spacial score (nSPS) is 11.0. The molecule has 0 radical (unpaired) electrons. The molecule has 0 saturated carbocycles. The van der Waals surface area contributed by atoms with Gasteiger partial charge in [0.15, 0.2) is 0 Å². The zero-order valence-corrected chi connectivity index (χ0v) is 19.6.